The number of likely N-dealkylation sites (tertiary alicyclic amines) is 1. The second kappa shape index (κ2) is 7.09. The van der Waals surface area contributed by atoms with Crippen LogP contribution in [0.4, 0.5) is 0 Å². The fraction of sp³-hybridized carbons (Fsp3) is 0.875. The SMILES string of the molecule is CN(C)C(=O)C1CCN(C(=O)CC2CCCCC2)CC1. The van der Waals surface area contributed by atoms with Gasteiger partial charge in [0.25, 0.3) is 0 Å². The smallest absolute Gasteiger partial charge is 0.225 e. The molecule has 0 radical (unpaired) electrons. The minimum atomic E-state index is 0.115. The molecule has 2 amide bonds. The quantitative estimate of drug-likeness (QED) is 0.796. The second-order valence-electron chi connectivity index (χ2n) is 6.60. The zero-order valence-electron chi connectivity index (χ0n) is 12.9. The molecule has 20 heavy (non-hydrogen) atoms. The van der Waals surface area contributed by atoms with E-state index in [1.165, 1.54) is 32.1 Å². The van der Waals surface area contributed by atoms with Crippen LogP contribution < -0.4 is 0 Å². The lowest BCUT2D eigenvalue weighted by Crippen LogP contribution is -2.43. The minimum Gasteiger partial charge on any atom is -0.349 e. The number of amides is 2. The Labute approximate surface area is 122 Å². The normalized spacial score (nSPS) is 21.8. The molecule has 0 unspecified atom stereocenters. The van der Waals surface area contributed by atoms with E-state index in [0.29, 0.717) is 11.8 Å². The van der Waals surface area contributed by atoms with Crippen LogP contribution in [0.1, 0.15) is 51.4 Å². The first-order chi connectivity index (χ1) is 9.58. The number of nitrogens with zero attached hydrogens (tertiary/aromatic N) is 2. The highest BCUT2D eigenvalue weighted by molar-refractivity contribution is 5.80. The van der Waals surface area contributed by atoms with E-state index >= 15 is 0 Å². The van der Waals surface area contributed by atoms with Crippen molar-refractivity contribution in [3.63, 3.8) is 0 Å². The molecule has 1 heterocycles. The van der Waals surface area contributed by atoms with Gasteiger partial charge in [0.1, 0.15) is 0 Å². The molecule has 2 fully saturated rings. The van der Waals surface area contributed by atoms with Crippen LogP contribution in [0.3, 0.4) is 0 Å². The van der Waals surface area contributed by atoms with Crippen LogP contribution in [-0.2, 0) is 9.59 Å². The fourth-order valence-corrected chi connectivity index (χ4v) is 3.51. The lowest BCUT2D eigenvalue weighted by Gasteiger charge is -2.33. The molecular weight excluding hydrogens is 252 g/mol. The van der Waals surface area contributed by atoms with Gasteiger partial charge in [-0.15, -0.1) is 0 Å². The Kier molecular flexibility index (Phi) is 5.44. The van der Waals surface area contributed by atoms with Gasteiger partial charge in [0, 0.05) is 39.5 Å². The van der Waals surface area contributed by atoms with Crippen LogP contribution in [0, 0.1) is 11.8 Å². The van der Waals surface area contributed by atoms with Crippen molar-refractivity contribution in [2.24, 2.45) is 11.8 Å². The van der Waals surface area contributed by atoms with Gasteiger partial charge in [-0.2, -0.15) is 0 Å². The Bertz CT molecular complexity index is 340. The summed E-state index contributed by atoms with van der Waals surface area (Å²) in [4.78, 5) is 27.9. The first kappa shape index (κ1) is 15.3. The zero-order valence-corrected chi connectivity index (χ0v) is 12.9. The summed E-state index contributed by atoms with van der Waals surface area (Å²) < 4.78 is 0. The number of carbonyl (C=O) groups excluding carboxylic acids is 2. The number of carbonyl (C=O) groups is 2. The van der Waals surface area contributed by atoms with E-state index in [9.17, 15) is 9.59 Å². The Hall–Kier alpha value is -1.06. The Morgan fingerprint density at radius 3 is 2.15 bits per heavy atom. The summed E-state index contributed by atoms with van der Waals surface area (Å²) in [6, 6.07) is 0. The second-order valence-corrected chi connectivity index (χ2v) is 6.60. The van der Waals surface area contributed by atoms with Gasteiger partial charge in [0.05, 0.1) is 0 Å². The zero-order chi connectivity index (χ0) is 14.5. The molecule has 0 aromatic heterocycles. The van der Waals surface area contributed by atoms with E-state index in [-0.39, 0.29) is 11.8 Å². The molecule has 0 aromatic carbocycles. The summed E-state index contributed by atoms with van der Waals surface area (Å²) in [5.74, 6) is 1.25. The molecule has 0 N–H and O–H groups in total. The average Bonchev–Trinajstić information content (AvgIpc) is 2.47. The van der Waals surface area contributed by atoms with Gasteiger partial charge >= 0.3 is 0 Å². The van der Waals surface area contributed by atoms with Crippen LogP contribution in [0.25, 0.3) is 0 Å². The minimum absolute atomic E-state index is 0.115. The number of hydrogen-bond acceptors (Lipinski definition) is 2. The first-order valence-electron chi connectivity index (χ1n) is 8.07. The summed E-state index contributed by atoms with van der Waals surface area (Å²) in [6.45, 7) is 1.52. The molecule has 2 aliphatic rings. The van der Waals surface area contributed by atoms with Gasteiger partial charge in [-0.3, -0.25) is 9.59 Å². The molecule has 1 saturated heterocycles. The molecule has 0 bridgehead atoms. The van der Waals surface area contributed by atoms with Gasteiger partial charge in [-0.05, 0) is 31.6 Å². The molecule has 0 aromatic rings. The predicted molar refractivity (Wildman–Crippen MR) is 79.2 cm³/mol. The Morgan fingerprint density at radius 1 is 1.00 bits per heavy atom. The van der Waals surface area contributed by atoms with E-state index < -0.39 is 0 Å². The molecule has 114 valence electrons. The fourth-order valence-electron chi connectivity index (χ4n) is 3.51. The number of rotatable bonds is 3. The highest BCUT2D eigenvalue weighted by Crippen LogP contribution is 2.28. The largest absolute Gasteiger partial charge is 0.349 e. The summed E-state index contributed by atoms with van der Waals surface area (Å²) in [6.07, 6.45) is 8.74. The molecular formula is C16H28N2O2. The van der Waals surface area contributed by atoms with Crippen molar-refractivity contribution in [2.45, 2.75) is 51.4 Å². The maximum absolute atomic E-state index is 12.3. The van der Waals surface area contributed by atoms with Gasteiger partial charge < -0.3 is 9.80 Å². The first-order valence-corrected chi connectivity index (χ1v) is 8.07. The van der Waals surface area contributed by atoms with Gasteiger partial charge in [-0.1, -0.05) is 19.3 Å². The van der Waals surface area contributed by atoms with Crippen LogP contribution in [0.2, 0.25) is 0 Å². The van der Waals surface area contributed by atoms with Crippen LogP contribution in [0.5, 0.6) is 0 Å². The summed E-state index contributed by atoms with van der Waals surface area (Å²) in [7, 11) is 3.62. The molecule has 2 rings (SSSR count). The topological polar surface area (TPSA) is 40.6 Å². The van der Waals surface area contributed by atoms with Crippen molar-refractivity contribution in [3.8, 4) is 0 Å². The molecule has 1 saturated carbocycles. The van der Waals surface area contributed by atoms with Crippen molar-refractivity contribution in [3.05, 3.63) is 0 Å². The lowest BCUT2D eigenvalue weighted by atomic mass is 9.86. The number of hydrogen-bond donors (Lipinski definition) is 0. The molecule has 0 spiro atoms. The van der Waals surface area contributed by atoms with Crippen LogP contribution >= 0.6 is 0 Å². The average molecular weight is 280 g/mol. The van der Waals surface area contributed by atoms with Gasteiger partial charge in [0.2, 0.25) is 11.8 Å². The Morgan fingerprint density at radius 2 is 1.60 bits per heavy atom. The molecule has 4 nitrogen and oxygen atoms in total. The standard InChI is InChI=1S/C16H28N2O2/c1-17(2)16(20)14-8-10-18(11-9-14)15(19)12-13-6-4-3-5-7-13/h13-14H,3-12H2,1-2H3. The Balaban J connectivity index is 1.75. The molecule has 1 aliphatic heterocycles. The van der Waals surface area contributed by atoms with Crippen molar-refractivity contribution in [2.75, 3.05) is 27.2 Å². The third-order valence-corrected chi connectivity index (χ3v) is 4.83. The van der Waals surface area contributed by atoms with E-state index in [0.717, 1.165) is 32.4 Å². The maximum atomic E-state index is 12.3. The summed E-state index contributed by atoms with van der Waals surface area (Å²) in [5, 5.41) is 0. The molecule has 1 aliphatic carbocycles. The summed E-state index contributed by atoms with van der Waals surface area (Å²) >= 11 is 0. The highest BCUT2D eigenvalue weighted by atomic mass is 16.2. The van der Waals surface area contributed by atoms with Crippen molar-refractivity contribution >= 4 is 11.8 Å². The molecule has 4 heteroatoms. The van der Waals surface area contributed by atoms with Crippen LogP contribution in [0.15, 0.2) is 0 Å². The maximum Gasteiger partial charge on any atom is 0.225 e. The highest BCUT2D eigenvalue weighted by Gasteiger charge is 2.29. The van der Waals surface area contributed by atoms with Crippen LogP contribution in [-0.4, -0.2) is 48.8 Å². The summed E-state index contributed by atoms with van der Waals surface area (Å²) in [5.41, 5.74) is 0. The third kappa shape index (κ3) is 3.97. The van der Waals surface area contributed by atoms with Crippen molar-refractivity contribution in [1.82, 2.24) is 9.80 Å². The third-order valence-electron chi connectivity index (χ3n) is 4.83. The van der Waals surface area contributed by atoms with Gasteiger partial charge in [-0.25, -0.2) is 0 Å². The van der Waals surface area contributed by atoms with E-state index in [1.54, 1.807) is 4.90 Å². The predicted octanol–water partition coefficient (Wildman–Crippen LogP) is 2.28. The number of piperidine rings is 1. The lowest BCUT2D eigenvalue weighted by molar-refractivity contribution is -0.139. The van der Waals surface area contributed by atoms with E-state index in [4.69, 9.17) is 0 Å². The monoisotopic (exact) mass is 280 g/mol. The van der Waals surface area contributed by atoms with E-state index in [2.05, 4.69) is 0 Å². The van der Waals surface area contributed by atoms with Crippen molar-refractivity contribution in [1.29, 1.82) is 0 Å². The van der Waals surface area contributed by atoms with Crippen molar-refractivity contribution < 1.29 is 9.59 Å². The van der Waals surface area contributed by atoms with E-state index in [1.807, 2.05) is 19.0 Å². The van der Waals surface area contributed by atoms with Gasteiger partial charge in [0.15, 0.2) is 0 Å². The molecule has 0 atom stereocenters.